The summed E-state index contributed by atoms with van der Waals surface area (Å²) >= 11 is 0. The van der Waals surface area contributed by atoms with Crippen molar-refractivity contribution in [3.05, 3.63) is 30.1 Å². The van der Waals surface area contributed by atoms with E-state index in [9.17, 15) is 0 Å². The summed E-state index contributed by atoms with van der Waals surface area (Å²) < 4.78 is 6.33. The van der Waals surface area contributed by atoms with Gasteiger partial charge >= 0.3 is 0 Å². The fraction of sp³-hybridized carbons (Fsp3) is 0.737. The predicted octanol–water partition coefficient (Wildman–Crippen LogP) is 2.55. The normalized spacial score (nSPS) is 27.8. The molecule has 1 saturated carbocycles. The standard InChI is InChI=1S/C19H29N3O/c1-21(14-17-4-2-3-9-20-17)18-12-19(23-15-18)7-10-22(11-8-19)13-16-5-6-16/h2-4,9,16,18H,5-8,10-15H2,1H3/t18-/m0/s1. The average Bonchev–Trinajstić information content (AvgIpc) is 3.30. The number of piperidine rings is 1. The molecule has 1 aromatic rings. The summed E-state index contributed by atoms with van der Waals surface area (Å²) in [5.74, 6) is 1.01. The van der Waals surface area contributed by atoms with Gasteiger partial charge in [-0.2, -0.15) is 0 Å². The van der Waals surface area contributed by atoms with Crippen molar-refractivity contribution in [1.82, 2.24) is 14.8 Å². The third-order valence-corrected chi connectivity index (χ3v) is 5.93. The second-order valence-corrected chi connectivity index (χ2v) is 7.83. The van der Waals surface area contributed by atoms with Gasteiger partial charge in [-0.25, -0.2) is 0 Å². The van der Waals surface area contributed by atoms with Crippen LogP contribution in [0.25, 0.3) is 0 Å². The van der Waals surface area contributed by atoms with Crippen molar-refractivity contribution in [2.45, 2.75) is 50.3 Å². The summed E-state index contributed by atoms with van der Waals surface area (Å²) in [6.07, 6.45) is 8.41. The largest absolute Gasteiger partial charge is 0.373 e. The summed E-state index contributed by atoms with van der Waals surface area (Å²) in [4.78, 5) is 9.54. The maximum atomic E-state index is 6.33. The topological polar surface area (TPSA) is 28.6 Å². The van der Waals surface area contributed by atoms with Crippen LogP contribution in [0.1, 0.15) is 37.8 Å². The highest BCUT2D eigenvalue weighted by Crippen LogP contribution is 2.39. The number of hydrogen-bond acceptors (Lipinski definition) is 4. The molecule has 4 rings (SSSR count). The summed E-state index contributed by atoms with van der Waals surface area (Å²) in [7, 11) is 2.21. The summed E-state index contributed by atoms with van der Waals surface area (Å²) in [6, 6.07) is 6.69. The number of rotatable bonds is 5. The molecule has 2 saturated heterocycles. The Morgan fingerprint density at radius 2 is 2.13 bits per heavy atom. The van der Waals surface area contributed by atoms with E-state index in [0.717, 1.165) is 24.8 Å². The molecular formula is C19H29N3O. The number of aromatic nitrogens is 1. The SMILES string of the molecule is CN(Cc1ccccn1)[C@@H]1COC2(CCN(CC3CC3)CC2)C1. The molecule has 3 heterocycles. The van der Waals surface area contributed by atoms with E-state index in [-0.39, 0.29) is 5.60 Å². The lowest BCUT2D eigenvalue weighted by Crippen LogP contribution is -2.45. The van der Waals surface area contributed by atoms with Crippen molar-refractivity contribution < 1.29 is 4.74 Å². The first-order chi connectivity index (χ1) is 11.2. The number of likely N-dealkylation sites (tertiary alicyclic amines) is 1. The molecule has 0 unspecified atom stereocenters. The van der Waals surface area contributed by atoms with E-state index in [2.05, 4.69) is 34.0 Å². The molecule has 0 radical (unpaired) electrons. The van der Waals surface area contributed by atoms with E-state index in [4.69, 9.17) is 4.74 Å². The summed E-state index contributed by atoms with van der Waals surface area (Å²) in [6.45, 7) is 5.59. The van der Waals surface area contributed by atoms with Gasteiger partial charge in [0.1, 0.15) is 0 Å². The van der Waals surface area contributed by atoms with E-state index in [1.807, 2.05) is 12.3 Å². The molecule has 1 spiro atoms. The molecule has 1 aromatic heterocycles. The lowest BCUT2D eigenvalue weighted by molar-refractivity contribution is -0.0444. The van der Waals surface area contributed by atoms with Crippen LogP contribution in [-0.2, 0) is 11.3 Å². The third kappa shape index (κ3) is 3.76. The first-order valence-electron chi connectivity index (χ1n) is 9.19. The van der Waals surface area contributed by atoms with Crippen LogP contribution in [-0.4, -0.2) is 59.7 Å². The quantitative estimate of drug-likeness (QED) is 0.835. The molecule has 0 aromatic carbocycles. The Morgan fingerprint density at radius 1 is 1.30 bits per heavy atom. The van der Waals surface area contributed by atoms with Gasteiger partial charge in [0.2, 0.25) is 0 Å². The Hall–Kier alpha value is -0.970. The number of pyridine rings is 1. The first-order valence-corrected chi connectivity index (χ1v) is 9.19. The first kappa shape index (κ1) is 15.6. The summed E-state index contributed by atoms with van der Waals surface area (Å²) in [5.41, 5.74) is 1.30. The molecule has 126 valence electrons. The molecule has 4 nitrogen and oxygen atoms in total. The van der Waals surface area contributed by atoms with Crippen molar-refractivity contribution in [2.24, 2.45) is 5.92 Å². The average molecular weight is 315 g/mol. The Morgan fingerprint density at radius 3 is 2.83 bits per heavy atom. The Bertz CT molecular complexity index is 509. The number of ether oxygens (including phenoxy) is 1. The highest BCUT2D eigenvalue weighted by atomic mass is 16.5. The number of hydrogen-bond donors (Lipinski definition) is 0. The molecule has 1 atom stereocenters. The highest BCUT2D eigenvalue weighted by Gasteiger charge is 2.44. The molecule has 1 aliphatic carbocycles. The molecule has 23 heavy (non-hydrogen) atoms. The Kier molecular flexibility index (Phi) is 4.39. The van der Waals surface area contributed by atoms with Crippen molar-refractivity contribution in [3.8, 4) is 0 Å². The summed E-state index contributed by atoms with van der Waals surface area (Å²) in [5, 5.41) is 0. The van der Waals surface area contributed by atoms with Gasteiger partial charge in [0.05, 0.1) is 17.9 Å². The monoisotopic (exact) mass is 315 g/mol. The van der Waals surface area contributed by atoms with E-state index in [1.165, 1.54) is 51.7 Å². The minimum Gasteiger partial charge on any atom is -0.373 e. The van der Waals surface area contributed by atoms with Gasteiger partial charge in [0.15, 0.2) is 0 Å². The van der Waals surface area contributed by atoms with E-state index >= 15 is 0 Å². The predicted molar refractivity (Wildman–Crippen MR) is 91.2 cm³/mol. The van der Waals surface area contributed by atoms with Crippen LogP contribution in [0.4, 0.5) is 0 Å². The maximum Gasteiger partial charge on any atom is 0.0723 e. The Balaban J connectivity index is 1.28. The maximum absolute atomic E-state index is 6.33. The van der Waals surface area contributed by atoms with Crippen molar-refractivity contribution in [2.75, 3.05) is 33.3 Å². The molecule has 2 aliphatic heterocycles. The minimum absolute atomic E-state index is 0.156. The van der Waals surface area contributed by atoms with Gasteiger partial charge in [-0.1, -0.05) is 6.07 Å². The second kappa shape index (κ2) is 6.50. The van der Waals surface area contributed by atoms with Gasteiger partial charge in [-0.3, -0.25) is 9.88 Å². The van der Waals surface area contributed by atoms with E-state index in [1.54, 1.807) is 0 Å². The lowest BCUT2D eigenvalue weighted by Gasteiger charge is -2.39. The van der Waals surface area contributed by atoms with Crippen molar-refractivity contribution in [1.29, 1.82) is 0 Å². The highest BCUT2D eigenvalue weighted by molar-refractivity contribution is 5.04. The lowest BCUT2D eigenvalue weighted by atomic mass is 9.87. The van der Waals surface area contributed by atoms with Gasteiger partial charge in [-0.05, 0) is 57.2 Å². The van der Waals surface area contributed by atoms with Gasteiger partial charge < -0.3 is 9.64 Å². The van der Waals surface area contributed by atoms with Crippen LogP contribution in [0.15, 0.2) is 24.4 Å². The van der Waals surface area contributed by atoms with Crippen LogP contribution in [0.5, 0.6) is 0 Å². The van der Waals surface area contributed by atoms with Crippen LogP contribution in [0, 0.1) is 5.92 Å². The number of likely N-dealkylation sites (N-methyl/N-ethyl adjacent to an activating group) is 1. The second-order valence-electron chi connectivity index (χ2n) is 7.83. The molecule has 4 heteroatoms. The molecule has 0 bridgehead atoms. The van der Waals surface area contributed by atoms with Crippen LogP contribution >= 0.6 is 0 Å². The van der Waals surface area contributed by atoms with Gasteiger partial charge in [-0.15, -0.1) is 0 Å². The van der Waals surface area contributed by atoms with Crippen molar-refractivity contribution in [3.63, 3.8) is 0 Å². The van der Waals surface area contributed by atoms with Gasteiger partial charge in [0, 0.05) is 38.4 Å². The fourth-order valence-electron chi connectivity index (χ4n) is 4.14. The van der Waals surface area contributed by atoms with E-state index < -0.39 is 0 Å². The van der Waals surface area contributed by atoms with Crippen molar-refractivity contribution >= 4 is 0 Å². The smallest absolute Gasteiger partial charge is 0.0723 e. The van der Waals surface area contributed by atoms with E-state index in [0.29, 0.717) is 6.04 Å². The number of nitrogens with zero attached hydrogens (tertiary/aromatic N) is 3. The zero-order valence-corrected chi connectivity index (χ0v) is 14.3. The third-order valence-electron chi connectivity index (χ3n) is 5.93. The molecular weight excluding hydrogens is 286 g/mol. The fourth-order valence-corrected chi connectivity index (χ4v) is 4.14. The Labute approximate surface area is 139 Å². The van der Waals surface area contributed by atoms with Gasteiger partial charge in [0.25, 0.3) is 0 Å². The minimum atomic E-state index is 0.156. The molecule has 0 N–H and O–H groups in total. The van der Waals surface area contributed by atoms with Crippen LogP contribution in [0.3, 0.4) is 0 Å². The molecule has 0 amide bonds. The molecule has 3 aliphatic rings. The van der Waals surface area contributed by atoms with Crippen LogP contribution in [0.2, 0.25) is 0 Å². The van der Waals surface area contributed by atoms with Crippen LogP contribution < -0.4 is 0 Å². The zero-order chi connectivity index (χ0) is 15.7. The zero-order valence-electron chi connectivity index (χ0n) is 14.3. The molecule has 3 fully saturated rings.